The third-order valence-electron chi connectivity index (χ3n) is 4.82. The first kappa shape index (κ1) is 21.1. The van der Waals surface area contributed by atoms with E-state index in [-0.39, 0.29) is 18.2 Å². The summed E-state index contributed by atoms with van der Waals surface area (Å²) in [6.07, 6.45) is -3.48. The van der Waals surface area contributed by atoms with E-state index in [9.17, 15) is 22.8 Å². The molecular formula is C19H23F3N4O3. The number of likely N-dealkylation sites (N-methyl/N-ethyl adjacent to an activating group) is 1. The SMILES string of the molecule is CN(C)C1CCN(CC(=O)Nc2ccc3oc(C(=O)NCC(F)(F)F)cc3c2)C1. The number of likely N-dealkylation sites (tertiary alicyclic amines) is 1. The van der Waals surface area contributed by atoms with Gasteiger partial charge in [0.15, 0.2) is 5.76 Å². The zero-order valence-electron chi connectivity index (χ0n) is 16.2. The van der Waals surface area contributed by atoms with E-state index in [1.807, 2.05) is 14.1 Å². The van der Waals surface area contributed by atoms with E-state index in [0.717, 1.165) is 19.5 Å². The Kier molecular flexibility index (Phi) is 6.13. The van der Waals surface area contributed by atoms with Gasteiger partial charge in [0.1, 0.15) is 12.1 Å². The number of nitrogens with one attached hydrogen (secondary N) is 2. The minimum absolute atomic E-state index is 0.157. The minimum Gasteiger partial charge on any atom is -0.451 e. The molecule has 1 aliphatic rings. The van der Waals surface area contributed by atoms with Crippen molar-refractivity contribution in [2.24, 2.45) is 0 Å². The lowest BCUT2D eigenvalue weighted by atomic mass is 10.2. The first-order valence-corrected chi connectivity index (χ1v) is 9.18. The van der Waals surface area contributed by atoms with Gasteiger partial charge in [-0.25, -0.2) is 0 Å². The third kappa shape index (κ3) is 5.70. The van der Waals surface area contributed by atoms with Gasteiger partial charge < -0.3 is 20.0 Å². The molecule has 2 N–H and O–H groups in total. The van der Waals surface area contributed by atoms with Gasteiger partial charge in [0, 0.05) is 30.2 Å². The van der Waals surface area contributed by atoms with E-state index in [1.165, 1.54) is 6.07 Å². The molecule has 1 atom stereocenters. The van der Waals surface area contributed by atoms with Gasteiger partial charge in [-0.05, 0) is 44.8 Å². The predicted molar refractivity (Wildman–Crippen MR) is 102 cm³/mol. The number of benzene rings is 1. The number of nitrogens with zero attached hydrogens (tertiary/aromatic N) is 2. The van der Waals surface area contributed by atoms with E-state index in [1.54, 1.807) is 23.5 Å². The van der Waals surface area contributed by atoms with Gasteiger partial charge in [0.25, 0.3) is 5.91 Å². The lowest BCUT2D eigenvalue weighted by Gasteiger charge is -2.20. The van der Waals surface area contributed by atoms with Crippen LogP contribution in [0.3, 0.4) is 0 Å². The van der Waals surface area contributed by atoms with Crippen LogP contribution in [0.5, 0.6) is 0 Å². The lowest BCUT2D eigenvalue weighted by molar-refractivity contribution is -0.123. The molecule has 1 aromatic carbocycles. The molecule has 1 unspecified atom stereocenters. The van der Waals surface area contributed by atoms with Gasteiger partial charge >= 0.3 is 6.18 Å². The molecule has 10 heteroatoms. The standard InChI is InChI=1S/C19H23F3N4O3/c1-25(2)14-5-6-26(9-14)10-17(27)24-13-3-4-15-12(7-13)8-16(29-15)18(28)23-11-19(20,21)22/h3-4,7-8,14H,5-6,9-11H2,1-2H3,(H,23,28)(H,24,27). The quantitative estimate of drug-likeness (QED) is 0.762. The van der Waals surface area contributed by atoms with Gasteiger partial charge in [0.05, 0.1) is 6.54 Å². The molecule has 29 heavy (non-hydrogen) atoms. The summed E-state index contributed by atoms with van der Waals surface area (Å²) in [4.78, 5) is 28.3. The monoisotopic (exact) mass is 412 g/mol. The molecule has 2 heterocycles. The highest BCUT2D eigenvalue weighted by molar-refractivity contribution is 5.98. The first-order valence-electron chi connectivity index (χ1n) is 9.18. The van der Waals surface area contributed by atoms with Gasteiger partial charge in [-0.15, -0.1) is 0 Å². The van der Waals surface area contributed by atoms with Crippen LogP contribution in [-0.2, 0) is 4.79 Å². The average molecular weight is 412 g/mol. The number of halogens is 3. The van der Waals surface area contributed by atoms with Crippen LogP contribution in [0, 0.1) is 0 Å². The lowest BCUT2D eigenvalue weighted by Crippen LogP contribution is -2.35. The van der Waals surface area contributed by atoms with E-state index in [2.05, 4.69) is 15.1 Å². The largest absolute Gasteiger partial charge is 0.451 e. The van der Waals surface area contributed by atoms with Crippen LogP contribution in [0.4, 0.5) is 18.9 Å². The molecule has 158 valence electrons. The van der Waals surface area contributed by atoms with E-state index in [4.69, 9.17) is 4.42 Å². The number of hydrogen-bond donors (Lipinski definition) is 2. The molecule has 0 aliphatic carbocycles. The Morgan fingerprint density at radius 1 is 1.28 bits per heavy atom. The van der Waals surface area contributed by atoms with E-state index in [0.29, 0.717) is 22.7 Å². The number of fused-ring (bicyclic) bond motifs is 1. The fraction of sp³-hybridized carbons (Fsp3) is 0.474. The third-order valence-corrected chi connectivity index (χ3v) is 4.82. The van der Waals surface area contributed by atoms with Gasteiger partial charge in [-0.2, -0.15) is 13.2 Å². The molecule has 1 aliphatic heterocycles. The molecule has 0 saturated carbocycles. The van der Waals surface area contributed by atoms with Crippen LogP contribution < -0.4 is 10.6 Å². The summed E-state index contributed by atoms with van der Waals surface area (Å²) in [6.45, 7) is 0.527. The summed E-state index contributed by atoms with van der Waals surface area (Å²) >= 11 is 0. The van der Waals surface area contributed by atoms with Crippen molar-refractivity contribution in [2.45, 2.75) is 18.6 Å². The average Bonchev–Trinajstić information content (AvgIpc) is 3.25. The molecule has 2 aromatic rings. The molecule has 1 fully saturated rings. The number of carbonyl (C=O) groups excluding carboxylic acids is 2. The van der Waals surface area contributed by atoms with Crippen LogP contribution in [0.25, 0.3) is 11.0 Å². The molecule has 0 radical (unpaired) electrons. The summed E-state index contributed by atoms with van der Waals surface area (Å²) in [5, 5.41) is 5.07. The van der Waals surface area contributed by atoms with Crippen molar-refractivity contribution in [2.75, 3.05) is 45.6 Å². The summed E-state index contributed by atoms with van der Waals surface area (Å²) in [6, 6.07) is 6.58. The van der Waals surface area contributed by atoms with Crippen molar-refractivity contribution in [3.63, 3.8) is 0 Å². The summed E-state index contributed by atoms with van der Waals surface area (Å²) < 4.78 is 42.0. The number of amides is 2. The predicted octanol–water partition coefficient (Wildman–Crippen LogP) is 2.30. The van der Waals surface area contributed by atoms with E-state index < -0.39 is 18.6 Å². The Balaban J connectivity index is 1.59. The highest BCUT2D eigenvalue weighted by Crippen LogP contribution is 2.24. The Morgan fingerprint density at radius 2 is 2.03 bits per heavy atom. The van der Waals surface area contributed by atoms with Gasteiger partial charge in [-0.3, -0.25) is 14.5 Å². The summed E-state index contributed by atoms with van der Waals surface area (Å²) in [5.41, 5.74) is 0.863. The molecule has 2 amide bonds. The van der Waals surface area contributed by atoms with Crippen LogP contribution in [0.2, 0.25) is 0 Å². The second-order valence-electron chi connectivity index (χ2n) is 7.35. The Hall–Kier alpha value is -2.59. The molecule has 0 bridgehead atoms. The number of rotatable bonds is 6. The topological polar surface area (TPSA) is 77.8 Å². The molecule has 7 nitrogen and oxygen atoms in total. The fourth-order valence-electron chi connectivity index (χ4n) is 3.28. The molecule has 1 saturated heterocycles. The second kappa shape index (κ2) is 8.42. The highest BCUT2D eigenvalue weighted by atomic mass is 19.4. The summed E-state index contributed by atoms with van der Waals surface area (Å²) in [7, 11) is 4.04. The van der Waals surface area contributed by atoms with E-state index >= 15 is 0 Å². The van der Waals surface area contributed by atoms with Crippen molar-refractivity contribution in [3.05, 3.63) is 30.0 Å². The maximum atomic E-state index is 12.3. The Labute approximate surface area is 165 Å². The first-order chi connectivity index (χ1) is 13.6. The Morgan fingerprint density at radius 3 is 2.69 bits per heavy atom. The number of carbonyl (C=O) groups is 2. The van der Waals surface area contributed by atoms with Crippen molar-refractivity contribution in [1.82, 2.24) is 15.1 Å². The second-order valence-corrected chi connectivity index (χ2v) is 7.35. The number of hydrogen-bond acceptors (Lipinski definition) is 5. The smallest absolute Gasteiger partial charge is 0.405 e. The van der Waals surface area contributed by atoms with Crippen molar-refractivity contribution in [3.8, 4) is 0 Å². The van der Waals surface area contributed by atoms with Crippen LogP contribution >= 0.6 is 0 Å². The van der Waals surface area contributed by atoms with Gasteiger partial charge in [-0.1, -0.05) is 0 Å². The molecule has 0 spiro atoms. The molecule has 3 rings (SSSR count). The maximum Gasteiger partial charge on any atom is 0.405 e. The van der Waals surface area contributed by atoms with Crippen molar-refractivity contribution < 1.29 is 27.2 Å². The number of anilines is 1. The Bertz CT molecular complexity index is 894. The van der Waals surface area contributed by atoms with Crippen LogP contribution in [0.1, 0.15) is 17.0 Å². The van der Waals surface area contributed by atoms with Gasteiger partial charge in [0.2, 0.25) is 5.91 Å². The normalized spacial score (nSPS) is 17.8. The number of furan rings is 1. The fourth-order valence-corrected chi connectivity index (χ4v) is 3.28. The zero-order chi connectivity index (χ0) is 21.2. The van der Waals surface area contributed by atoms with Crippen molar-refractivity contribution >= 4 is 28.5 Å². The zero-order valence-corrected chi connectivity index (χ0v) is 16.2. The minimum atomic E-state index is -4.50. The maximum absolute atomic E-state index is 12.3. The van der Waals surface area contributed by atoms with Crippen LogP contribution in [-0.4, -0.2) is 74.1 Å². The highest BCUT2D eigenvalue weighted by Gasteiger charge is 2.28. The molecule has 1 aromatic heterocycles. The molecular weight excluding hydrogens is 389 g/mol. The summed E-state index contributed by atoms with van der Waals surface area (Å²) in [5.74, 6) is -1.33. The van der Waals surface area contributed by atoms with Crippen molar-refractivity contribution in [1.29, 1.82) is 0 Å². The van der Waals surface area contributed by atoms with Crippen LogP contribution in [0.15, 0.2) is 28.7 Å². The number of alkyl halides is 3.